The second-order valence-corrected chi connectivity index (χ2v) is 21.0. The first-order valence-electron chi connectivity index (χ1n) is 28.9. The van der Waals surface area contributed by atoms with Gasteiger partial charge >= 0.3 is 11.9 Å². The van der Waals surface area contributed by atoms with Gasteiger partial charge in [0.1, 0.15) is 11.4 Å². The van der Waals surface area contributed by atoms with Crippen molar-refractivity contribution in [3.05, 3.63) is 227 Å². The average Bonchev–Trinajstić information content (AvgIpc) is 4.20. The predicted molar refractivity (Wildman–Crippen MR) is 318 cm³/mol. The Balaban J connectivity index is 0.692. The smallest absolute Gasteiger partial charge is 0.356 e. The zero-order valence-corrected chi connectivity index (χ0v) is 45.3. The molecule has 6 aromatic carbocycles. The Kier molecular flexibility index (Phi) is 18.9. The van der Waals surface area contributed by atoms with Crippen molar-refractivity contribution in [1.82, 2.24) is 19.1 Å². The Morgan fingerprint density at radius 1 is 0.333 bits per heavy atom. The SMILES string of the molecule is O=C(OCCCCCCCCCCOC(=O)c1cc2c3ccccc3n(CCCc3ccccc3)c2c(CCCc2ccccc2)n1)c1cc2c3ccccc3n(CCCc3ccccc3)c2c(CCCc2ccccc2)n1. The number of esters is 2. The fraction of sp³-hybridized carbons (Fsp3) is 0.314. The third-order valence-electron chi connectivity index (χ3n) is 15.4. The number of ether oxygens (including phenoxy) is 2. The number of hydrogen-bond donors (Lipinski definition) is 0. The summed E-state index contributed by atoms with van der Waals surface area (Å²) < 4.78 is 16.7. The van der Waals surface area contributed by atoms with E-state index in [2.05, 4.69) is 179 Å². The zero-order valence-electron chi connectivity index (χ0n) is 45.3. The normalized spacial score (nSPS) is 11.5. The molecule has 0 radical (unpaired) electrons. The molecule has 0 amide bonds. The van der Waals surface area contributed by atoms with Gasteiger partial charge in [-0.15, -0.1) is 0 Å². The van der Waals surface area contributed by atoms with E-state index in [0.717, 1.165) is 173 Å². The van der Waals surface area contributed by atoms with Crippen LogP contribution in [-0.2, 0) is 61.1 Å². The Bertz CT molecular complexity index is 3280. The van der Waals surface area contributed by atoms with Gasteiger partial charge < -0.3 is 18.6 Å². The number of benzene rings is 6. The van der Waals surface area contributed by atoms with Gasteiger partial charge in [-0.05, 0) is 124 Å². The molecule has 0 fully saturated rings. The van der Waals surface area contributed by atoms with E-state index in [1.54, 1.807) is 0 Å². The molecule has 8 heteroatoms. The summed E-state index contributed by atoms with van der Waals surface area (Å²) in [4.78, 5) is 37.6. The average molecular weight is 1040 g/mol. The molecule has 0 aliphatic carbocycles. The second kappa shape index (κ2) is 27.5. The zero-order chi connectivity index (χ0) is 53.1. The van der Waals surface area contributed by atoms with E-state index < -0.39 is 0 Å². The van der Waals surface area contributed by atoms with Crippen molar-refractivity contribution < 1.29 is 19.1 Å². The number of unbranched alkanes of at least 4 members (excludes halogenated alkanes) is 7. The van der Waals surface area contributed by atoms with Crippen molar-refractivity contribution in [3.63, 3.8) is 0 Å². The molecule has 0 saturated carbocycles. The summed E-state index contributed by atoms with van der Waals surface area (Å²) >= 11 is 0. The molecule has 78 heavy (non-hydrogen) atoms. The van der Waals surface area contributed by atoms with Crippen LogP contribution in [0.3, 0.4) is 0 Å². The number of hydrogen-bond acceptors (Lipinski definition) is 6. The monoisotopic (exact) mass is 1030 g/mol. The largest absolute Gasteiger partial charge is 0.461 e. The first kappa shape index (κ1) is 53.6. The molecular formula is C70H74N4O4. The fourth-order valence-electron chi connectivity index (χ4n) is 11.5. The lowest BCUT2D eigenvalue weighted by molar-refractivity contribution is 0.0480. The van der Waals surface area contributed by atoms with E-state index in [-0.39, 0.29) is 11.9 Å². The summed E-state index contributed by atoms with van der Waals surface area (Å²) in [6.07, 6.45) is 17.3. The van der Waals surface area contributed by atoms with Crippen LogP contribution in [0.15, 0.2) is 182 Å². The van der Waals surface area contributed by atoms with Gasteiger partial charge in [-0.2, -0.15) is 0 Å². The summed E-state index contributed by atoms with van der Waals surface area (Å²) in [5, 5.41) is 4.42. The number of rotatable bonds is 29. The first-order valence-corrected chi connectivity index (χ1v) is 28.9. The van der Waals surface area contributed by atoms with Crippen LogP contribution in [-0.4, -0.2) is 44.3 Å². The van der Waals surface area contributed by atoms with Gasteiger partial charge in [0.15, 0.2) is 0 Å². The molecule has 4 heterocycles. The Hall–Kier alpha value is -7.84. The molecule has 398 valence electrons. The van der Waals surface area contributed by atoms with Crippen LogP contribution in [0.25, 0.3) is 43.6 Å². The van der Waals surface area contributed by atoms with E-state index in [0.29, 0.717) is 24.6 Å². The minimum absolute atomic E-state index is 0.351. The highest BCUT2D eigenvalue weighted by Crippen LogP contribution is 2.35. The molecule has 0 saturated heterocycles. The van der Waals surface area contributed by atoms with Crippen molar-refractivity contribution >= 4 is 55.6 Å². The van der Waals surface area contributed by atoms with Crippen LogP contribution in [0, 0.1) is 0 Å². The standard InChI is InChI=1S/C70H74N4O4/c75-69(63-51-59-57-41-19-21-45-65(57)73(47-27-39-55-33-15-9-16-34-55)67(59)61(71-63)43-25-37-53-29-11-7-12-30-53)77-49-23-5-3-1-2-4-6-24-50-78-70(76)64-52-60-58-42-20-22-46-66(58)74(48-28-40-56-35-17-10-18-36-56)68(60)62(72-64)44-26-38-54-31-13-8-14-32-54/h7-22,29-36,41-42,45-46,51-52H,1-6,23-28,37-40,43-44,47-50H2. The Labute approximate surface area is 460 Å². The molecular weight excluding hydrogens is 961 g/mol. The molecule has 0 bridgehead atoms. The van der Waals surface area contributed by atoms with Gasteiger partial charge in [-0.1, -0.05) is 196 Å². The van der Waals surface area contributed by atoms with Gasteiger partial charge in [-0.25, -0.2) is 19.6 Å². The van der Waals surface area contributed by atoms with E-state index in [1.165, 1.54) is 33.3 Å². The number of carbonyl (C=O) groups excluding carboxylic acids is 2. The van der Waals surface area contributed by atoms with Crippen LogP contribution >= 0.6 is 0 Å². The lowest BCUT2D eigenvalue weighted by Crippen LogP contribution is -2.11. The lowest BCUT2D eigenvalue weighted by Gasteiger charge is -2.13. The summed E-state index contributed by atoms with van der Waals surface area (Å²) in [7, 11) is 0. The lowest BCUT2D eigenvalue weighted by atomic mass is 10.0. The summed E-state index contributed by atoms with van der Waals surface area (Å²) in [6.45, 7) is 2.48. The highest BCUT2D eigenvalue weighted by molar-refractivity contribution is 6.11. The summed E-state index contributed by atoms with van der Waals surface area (Å²) in [5.41, 5.74) is 12.6. The van der Waals surface area contributed by atoms with E-state index in [4.69, 9.17) is 19.4 Å². The van der Waals surface area contributed by atoms with Gasteiger partial charge in [0.2, 0.25) is 0 Å². The summed E-state index contributed by atoms with van der Waals surface area (Å²) in [5.74, 6) is -0.702. The van der Waals surface area contributed by atoms with Crippen LogP contribution in [0.2, 0.25) is 0 Å². The molecule has 8 nitrogen and oxygen atoms in total. The molecule has 0 N–H and O–H groups in total. The maximum atomic E-state index is 13.7. The summed E-state index contributed by atoms with van der Waals surface area (Å²) in [6, 6.07) is 63.6. The minimum atomic E-state index is -0.351. The Morgan fingerprint density at radius 3 is 1.03 bits per heavy atom. The van der Waals surface area contributed by atoms with E-state index >= 15 is 0 Å². The fourth-order valence-corrected chi connectivity index (χ4v) is 11.5. The van der Waals surface area contributed by atoms with Crippen LogP contribution in [0.4, 0.5) is 0 Å². The molecule has 0 aliphatic rings. The first-order chi connectivity index (χ1) is 38.6. The highest BCUT2D eigenvalue weighted by Gasteiger charge is 2.22. The second-order valence-electron chi connectivity index (χ2n) is 21.0. The molecule has 10 aromatic rings. The van der Waals surface area contributed by atoms with Gasteiger partial charge in [0.25, 0.3) is 0 Å². The molecule has 0 atom stereocenters. The number of nitrogens with zero attached hydrogens (tertiary/aromatic N) is 4. The Morgan fingerprint density at radius 2 is 0.654 bits per heavy atom. The van der Waals surface area contributed by atoms with Gasteiger partial charge in [-0.3, -0.25) is 0 Å². The van der Waals surface area contributed by atoms with Crippen molar-refractivity contribution in [2.24, 2.45) is 0 Å². The molecule has 0 aliphatic heterocycles. The van der Waals surface area contributed by atoms with Gasteiger partial charge in [0.05, 0.1) is 35.6 Å². The number of carbonyl (C=O) groups is 2. The molecule has 0 unspecified atom stereocenters. The van der Waals surface area contributed by atoms with Crippen molar-refractivity contribution in [1.29, 1.82) is 0 Å². The molecule has 10 rings (SSSR count). The van der Waals surface area contributed by atoms with Crippen LogP contribution < -0.4 is 0 Å². The van der Waals surface area contributed by atoms with Crippen molar-refractivity contribution in [2.75, 3.05) is 13.2 Å². The number of aryl methyl sites for hydroxylation is 8. The molecule has 4 aromatic heterocycles. The highest BCUT2D eigenvalue weighted by atomic mass is 16.5. The van der Waals surface area contributed by atoms with E-state index in [9.17, 15) is 9.59 Å². The topological polar surface area (TPSA) is 88.2 Å². The maximum Gasteiger partial charge on any atom is 0.356 e. The van der Waals surface area contributed by atoms with Crippen molar-refractivity contribution in [2.45, 2.75) is 129 Å². The predicted octanol–water partition coefficient (Wildman–Crippen LogP) is 16.4. The minimum Gasteiger partial charge on any atom is -0.461 e. The number of para-hydroxylation sites is 2. The van der Waals surface area contributed by atoms with Gasteiger partial charge in [0, 0.05) is 45.7 Å². The molecule has 0 spiro atoms. The number of pyridine rings is 2. The third-order valence-corrected chi connectivity index (χ3v) is 15.4. The number of fused-ring (bicyclic) bond motifs is 6. The maximum absolute atomic E-state index is 13.7. The van der Waals surface area contributed by atoms with Crippen LogP contribution in [0.1, 0.15) is 132 Å². The van der Waals surface area contributed by atoms with E-state index in [1.807, 2.05) is 12.1 Å². The van der Waals surface area contributed by atoms with Crippen molar-refractivity contribution in [3.8, 4) is 0 Å². The van der Waals surface area contributed by atoms with Crippen LogP contribution in [0.5, 0.6) is 0 Å². The number of aromatic nitrogens is 4. The third kappa shape index (κ3) is 13.8. The quantitative estimate of drug-likeness (QED) is 0.0343.